The maximum absolute atomic E-state index is 13.4. The van der Waals surface area contributed by atoms with E-state index in [0.29, 0.717) is 12.7 Å². The Hall–Kier alpha value is -3.88. The van der Waals surface area contributed by atoms with E-state index in [0.717, 1.165) is 36.8 Å². The molecule has 0 saturated heterocycles. The van der Waals surface area contributed by atoms with E-state index in [1.54, 1.807) is 38.1 Å². The normalized spacial score (nSPS) is 13.2. The zero-order chi connectivity index (χ0) is 28.8. The van der Waals surface area contributed by atoms with E-state index < -0.39 is 29.9 Å². The highest BCUT2D eigenvalue weighted by Crippen LogP contribution is 2.14. The lowest BCUT2D eigenvalue weighted by Crippen LogP contribution is -2.57. The number of phenolic OH excluding ortho intramolecular Hbond substituents is 2. The van der Waals surface area contributed by atoms with Gasteiger partial charge in [-0.2, -0.15) is 0 Å². The van der Waals surface area contributed by atoms with Crippen LogP contribution in [0.4, 0.5) is 0 Å². The molecule has 9 nitrogen and oxygen atoms in total. The lowest BCUT2D eigenvalue weighted by Gasteiger charge is -2.26. The molecule has 39 heavy (non-hydrogen) atoms. The molecule has 3 atom stereocenters. The molecule has 0 spiro atoms. The van der Waals surface area contributed by atoms with Gasteiger partial charge in [-0.3, -0.25) is 14.4 Å². The Morgan fingerprint density at radius 2 is 1.33 bits per heavy atom. The van der Waals surface area contributed by atoms with Crippen LogP contribution in [0.1, 0.15) is 64.0 Å². The minimum absolute atomic E-state index is 0.0910. The highest BCUT2D eigenvalue weighted by molar-refractivity contribution is 5.93. The molecule has 2 rings (SSSR count). The summed E-state index contributed by atoms with van der Waals surface area (Å²) >= 11 is 0. The third-order valence-corrected chi connectivity index (χ3v) is 6.42. The zero-order valence-corrected chi connectivity index (χ0v) is 23.0. The summed E-state index contributed by atoms with van der Waals surface area (Å²) < 4.78 is 0. The molecule has 0 fully saturated rings. The summed E-state index contributed by atoms with van der Waals surface area (Å²) in [6, 6.07) is 10.0. The van der Waals surface area contributed by atoms with Gasteiger partial charge in [-0.1, -0.05) is 64.3 Å². The molecule has 212 valence electrons. The van der Waals surface area contributed by atoms with Gasteiger partial charge in [0.1, 0.15) is 29.9 Å². The van der Waals surface area contributed by atoms with Crippen LogP contribution in [-0.2, 0) is 32.0 Å². The molecule has 5 N–H and O–H groups in total. The quantitative estimate of drug-likeness (QED) is 0.164. The van der Waals surface area contributed by atoms with Crippen LogP contribution in [0, 0.1) is 5.92 Å². The minimum Gasteiger partial charge on any atom is -0.508 e. The van der Waals surface area contributed by atoms with Gasteiger partial charge >= 0.3 is 0 Å². The van der Waals surface area contributed by atoms with Crippen molar-refractivity contribution in [3.05, 3.63) is 59.7 Å². The van der Waals surface area contributed by atoms with E-state index in [1.165, 1.54) is 24.3 Å². The van der Waals surface area contributed by atoms with Crippen LogP contribution in [0.2, 0.25) is 0 Å². The number of amides is 3. The van der Waals surface area contributed by atoms with Gasteiger partial charge in [0.25, 0.3) is 0 Å². The van der Waals surface area contributed by atoms with Crippen molar-refractivity contribution in [3.8, 4) is 11.5 Å². The van der Waals surface area contributed by atoms with Gasteiger partial charge in [-0.25, -0.2) is 0 Å². The molecule has 2 aromatic rings. The van der Waals surface area contributed by atoms with Gasteiger partial charge in [0, 0.05) is 12.8 Å². The van der Waals surface area contributed by atoms with E-state index >= 15 is 0 Å². The Bertz CT molecular complexity index is 1070. The van der Waals surface area contributed by atoms with E-state index in [-0.39, 0.29) is 36.2 Å². The Morgan fingerprint density at radius 1 is 0.769 bits per heavy atom. The standard InChI is InChI=1S/C30H41N3O6/c1-4-5-6-7-8-27(37)32-26(18-22-11-15-25(36)16-12-22)29(38)33-28(20(2)3)30(39)31-23(19-34)17-21-9-13-24(35)14-10-21/h9-16,19-20,23,26,28,35-36H,4-8,17-18H2,1-3H3,(H,31,39)(H,32,37)(H,33,38). The van der Waals surface area contributed by atoms with Gasteiger partial charge in [-0.05, 0) is 54.2 Å². The number of benzene rings is 2. The van der Waals surface area contributed by atoms with Crippen molar-refractivity contribution in [2.75, 3.05) is 0 Å². The topological polar surface area (TPSA) is 145 Å². The summed E-state index contributed by atoms with van der Waals surface area (Å²) in [7, 11) is 0. The molecule has 2 aromatic carbocycles. The molecule has 0 bridgehead atoms. The number of hydrogen-bond donors (Lipinski definition) is 5. The van der Waals surface area contributed by atoms with Crippen molar-refractivity contribution in [2.45, 2.75) is 83.8 Å². The Labute approximate surface area is 230 Å². The number of hydrogen-bond acceptors (Lipinski definition) is 6. The van der Waals surface area contributed by atoms with Crippen LogP contribution < -0.4 is 16.0 Å². The molecular weight excluding hydrogens is 498 g/mol. The Kier molecular flexibility index (Phi) is 13.0. The third kappa shape index (κ3) is 11.2. The zero-order valence-electron chi connectivity index (χ0n) is 23.0. The minimum atomic E-state index is -0.941. The average Bonchev–Trinajstić information content (AvgIpc) is 2.91. The lowest BCUT2D eigenvalue weighted by molar-refractivity contribution is -0.133. The molecule has 3 amide bonds. The first kappa shape index (κ1) is 31.3. The van der Waals surface area contributed by atoms with Crippen LogP contribution in [-0.4, -0.2) is 52.3 Å². The summed E-state index contributed by atoms with van der Waals surface area (Å²) in [5.41, 5.74) is 1.49. The number of aldehydes is 1. The number of carbonyl (C=O) groups excluding carboxylic acids is 4. The van der Waals surface area contributed by atoms with Crippen LogP contribution in [0.15, 0.2) is 48.5 Å². The molecule has 9 heteroatoms. The van der Waals surface area contributed by atoms with Crippen molar-refractivity contribution in [1.82, 2.24) is 16.0 Å². The van der Waals surface area contributed by atoms with Crippen molar-refractivity contribution in [2.24, 2.45) is 5.92 Å². The lowest BCUT2D eigenvalue weighted by atomic mass is 9.99. The first-order chi connectivity index (χ1) is 18.6. The maximum atomic E-state index is 13.4. The highest BCUT2D eigenvalue weighted by atomic mass is 16.3. The third-order valence-electron chi connectivity index (χ3n) is 6.42. The number of aromatic hydroxyl groups is 2. The van der Waals surface area contributed by atoms with Gasteiger partial charge in [0.15, 0.2) is 0 Å². The Morgan fingerprint density at radius 3 is 1.85 bits per heavy atom. The van der Waals surface area contributed by atoms with Gasteiger partial charge in [-0.15, -0.1) is 0 Å². The van der Waals surface area contributed by atoms with Crippen molar-refractivity contribution >= 4 is 24.0 Å². The summed E-state index contributed by atoms with van der Waals surface area (Å²) in [5, 5.41) is 27.3. The number of nitrogens with one attached hydrogen (secondary N) is 3. The van der Waals surface area contributed by atoms with Crippen LogP contribution >= 0.6 is 0 Å². The van der Waals surface area contributed by atoms with Crippen molar-refractivity contribution < 1.29 is 29.4 Å². The molecule has 0 aliphatic heterocycles. The second kappa shape index (κ2) is 16.2. The number of phenols is 2. The van der Waals surface area contributed by atoms with Crippen molar-refractivity contribution in [1.29, 1.82) is 0 Å². The second-order valence-corrected chi connectivity index (χ2v) is 10.2. The highest BCUT2D eigenvalue weighted by Gasteiger charge is 2.30. The average molecular weight is 540 g/mol. The van der Waals surface area contributed by atoms with Gasteiger partial charge < -0.3 is 31.0 Å². The van der Waals surface area contributed by atoms with Gasteiger partial charge in [0.05, 0.1) is 6.04 Å². The fourth-order valence-corrected chi connectivity index (χ4v) is 4.14. The summed E-state index contributed by atoms with van der Waals surface area (Å²) in [6.07, 6.45) is 5.07. The van der Waals surface area contributed by atoms with Crippen LogP contribution in [0.5, 0.6) is 11.5 Å². The molecule has 0 saturated carbocycles. The molecule has 3 unspecified atom stereocenters. The predicted molar refractivity (Wildman–Crippen MR) is 149 cm³/mol. The van der Waals surface area contributed by atoms with E-state index in [1.807, 2.05) is 0 Å². The largest absolute Gasteiger partial charge is 0.508 e. The number of rotatable bonds is 16. The van der Waals surface area contributed by atoms with Crippen LogP contribution in [0.3, 0.4) is 0 Å². The molecule has 0 radical (unpaired) electrons. The van der Waals surface area contributed by atoms with Crippen molar-refractivity contribution in [3.63, 3.8) is 0 Å². The molecule has 0 aliphatic rings. The van der Waals surface area contributed by atoms with Gasteiger partial charge in [0.2, 0.25) is 17.7 Å². The number of unbranched alkanes of at least 4 members (excludes halogenated alkanes) is 3. The maximum Gasteiger partial charge on any atom is 0.243 e. The Balaban J connectivity index is 2.11. The summed E-state index contributed by atoms with van der Waals surface area (Å²) in [4.78, 5) is 50.8. The summed E-state index contributed by atoms with van der Waals surface area (Å²) in [5.74, 6) is -1.38. The fraction of sp³-hybridized carbons (Fsp3) is 0.467. The molecule has 0 aromatic heterocycles. The number of carbonyl (C=O) groups is 4. The summed E-state index contributed by atoms with van der Waals surface area (Å²) in [6.45, 7) is 5.65. The van der Waals surface area contributed by atoms with Crippen LogP contribution in [0.25, 0.3) is 0 Å². The molecular formula is C30H41N3O6. The predicted octanol–water partition coefficient (Wildman–Crippen LogP) is 3.16. The first-order valence-electron chi connectivity index (χ1n) is 13.5. The second-order valence-electron chi connectivity index (χ2n) is 10.2. The molecule has 0 heterocycles. The molecule has 0 aliphatic carbocycles. The van der Waals surface area contributed by atoms with E-state index in [4.69, 9.17) is 0 Å². The smallest absolute Gasteiger partial charge is 0.243 e. The monoisotopic (exact) mass is 539 g/mol. The van der Waals surface area contributed by atoms with E-state index in [9.17, 15) is 29.4 Å². The SMILES string of the molecule is CCCCCCC(=O)NC(Cc1ccc(O)cc1)C(=O)NC(C(=O)NC(C=O)Cc1ccc(O)cc1)C(C)C. The first-order valence-corrected chi connectivity index (χ1v) is 13.5. The fourth-order valence-electron chi connectivity index (χ4n) is 4.14. The van der Waals surface area contributed by atoms with E-state index in [2.05, 4.69) is 22.9 Å².